The van der Waals surface area contributed by atoms with Crippen LogP contribution in [0, 0.1) is 0 Å². The van der Waals surface area contributed by atoms with Crippen LogP contribution in [0.2, 0.25) is 0 Å². The standard InChI is InChI=1S/C13H14N6S/c1-14-13-17-11(8-7-15-19-12(8)18-13)16-9-5-3-4-6-10(9)20-2/h3-7H,1-2H3,(H3,14,15,16,17,18,19). The van der Waals surface area contributed by atoms with Crippen molar-refractivity contribution in [2.75, 3.05) is 23.9 Å². The molecule has 1 aromatic carbocycles. The van der Waals surface area contributed by atoms with E-state index in [-0.39, 0.29) is 0 Å². The smallest absolute Gasteiger partial charge is 0.226 e. The van der Waals surface area contributed by atoms with Crippen LogP contribution < -0.4 is 10.6 Å². The van der Waals surface area contributed by atoms with E-state index in [9.17, 15) is 0 Å². The van der Waals surface area contributed by atoms with Crippen molar-refractivity contribution in [2.24, 2.45) is 0 Å². The summed E-state index contributed by atoms with van der Waals surface area (Å²) < 4.78 is 0. The van der Waals surface area contributed by atoms with Crippen LogP contribution in [0.1, 0.15) is 0 Å². The van der Waals surface area contributed by atoms with Gasteiger partial charge in [0.05, 0.1) is 17.3 Å². The van der Waals surface area contributed by atoms with Gasteiger partial charge in [0.1, 0.15) is 5.82 Å². The summed E-state index contributed by atoms with van der Waals surface area (Å²) in [6.45, 7) is 0. The third-order valence-corrected chi connectivity index (χ3v) is 3.69. The van der Waals surface area contributed by atoms with Crippen LogP contribution in [0.25, 0.3) is 11.0 Å². The predicted octanol–water partition coefficient (Wildman–Crippen LogP) is 2.86. The minimum atomic E-state index is 0.547. The highest BCUT2D eigenvalue weighted by molar-refractivity contribution is 7.98. The number of benzene rings is 1. The molecule has 0 aliphatic heterocycles. The van der Waals surface area contributed by atoms with Crippen LogP contribution in [0.5, 0.6) is 0 Å². The number of aromatic amines is 1. The molecule has 3 N–H and O–H groups in total. The lowest BCUT2D eigenvalue weighted by atomic mass is 10.3. The zero-order valence-corrected chi connectivity index (χ0v) is 12.0. The Kier molecular flexibility index (Phi) is 3.42. The van der Waals surface area contributed by atoms with Gasteiger partial charge >= 0.3 is 0 Å². The van der Waals surface area contributed by atoms with Crippen molar-refractivity contribution in [3.63, 3.8) is 0 Å². The average Bonchev–Trinajstić information content (AvgIpc) is 2.96. The number of hydrogen-bond acceptors (Lipinski definition) is 6. The third-order valence-electron chi connectivity index (χ3n) is 2.89. The Morgan fingerprint density at radius 2 is 2.05 bits per heavy atom. The lowest BCUT2D eigenvalue weighted by molar-refractivity contribution is 1.09. The fraction of sp³-hybridized carbons (Fsp3) is 0.154. The highest BCUT2D eigenvalue weighted by Gasteiger charge is 2.10. The Balaban J connectivity index is 2.07. The highest BCUT2D eigenvalue weighted by atomic mass is 32.2. The van der Waals surface area contributed by atoms with E-state index < -0.39 is 0 Å². The summed E-state index contributed by atoms with van der Waals surface area (Å²) in [6, 6.07) is 8.11. The Labute approximate surface area is 120 Å². The van der Waals surface area contributed by atoms with Gasteiger partial charge in [-0.05, 0) is 18.4 Å². The van der Waals surface area contributed by atoms with Crippen LogP contribution in [-0.4, -0.2) is 33.5 Å². The normalized spacial score (nSPS) is 10.7. The molecule has 20 heavy (non-hydrogen) atoms. The molecule has 0 aliphatic rings. The van der Waals surface area contributed by atoms with Crippen LogP contribution >= 0.6 is 11.8 Å². The highest BCUT2D eigenvalue weighted by Crippen LogP contribution is 2.29. The number of nitrogens with one attached hydrogen (secondary N) is 3. The molecule has 0 saturated carbocycles. The first kappa shape index (κ1) is 12.7. The van der Waals surface area contributed by atoms with Crippen LogP contribution in [0.4, 0.5) is 17.5 Å². The maximum atomic E-state index is 4.46. The lowest BCUT2D eigenvalue weighted by Crippen LogP contribution is -2.01. The first-order chi connectivity index (χ1) is 9.81. The van der Waals surface area contributed by atoms with Gasteiger partial charge in [-0.3, -0.25) is 5.10 Å². The van der Waals surface area contributed by atoms with Gasteiger partial charge in [0.25, 0.3) is 0 Å². The molecule has 0 aliphatic carbocycles. The van der Waals surface area contributed by atoms with E-state index in [0.29, 0.717) is 11.6 Å². The van der Waals surface area contributed by atoms with Crippen LogP contribution in [0.3, 0.4) is 0 Å². The third kappa shape index (κ3) is 2.27. The Morgan fingerprint density at radius 1 is 1.20 bits per heavy atom. The first-order valence-corrected chi connectivity index (χ1v) is 7.33. The minimum Gasteiger partial charge on any atom is -0.357 e. The van der Waals surface area contributed by atoms with E-state index in [2.05, 4.69) is 36.9 Å². The quantitative estimate of drug-likeness (QED) is 0.640. The van der Waals surface area contributed by atoms with Crippen molar-refractivity contribution >= 4 is 40.2 Å². The maximum absolute atomic E-state index is 4.46. The van der Waals surface area contributed by atoms with Crippen molar-refractivity contribution in [3.05, 3.63) is 30.5 Å². The lowest BCUT2D eigenvalue weighted by Gasteiger charge is -2.11. The summed E-state index contributed by atoms with van der Waals surface area (Å²) in [5, 5.41) is 14.0. The van der Waals surface area contributed by atoms with E-state index in [1.54, 1.807) is 25.0 Å². The molecule has 3 rings (SSSR count). The second-order valence-electron chi connectivity index (χ2n) is 4.10. The molecule has 2 heterocycles. The SMILES string of the molecule is CNc1nc(Nc2ccccc2SC)c2cn[nH]c2n1. The minimum absolute atomic E-state index is 0.547. The second kappa shape index (κ2) is 5.38. The van der Waals surface area contributed by atoms with Gasteiger partial charge in [0.2, 0.25) is 5.95 Å². The van der Waals surface area contributed by atoms with E-state index in [4.69, 9.17) is 0 Å². The van der Waals surface area contributed by atoms with Crippen molar-refractivity contribution in [1.82, 2.24) is 20.2 Å². The molecule has 2 aromatic heterocycles. The number of rotatable bonds is 4. The number of H-pyrrole nitrogens is 1. The van der Waals surface area contributed by atoms with E-state index in [0.717, 1.165) is 21.8 Å². The molecule has 0 fully saturated rings. The number of thioether (sulfide) groups is 1. The van der Waals surface area contributed by atoms with Crippen LogP contribution in [0.15, 0.2) is 35.4 Å². The summed E-state index contributed by atoms with van der Waals surface area (Å²) in [5.74, 6) is 1.28. The molecule has 0 amide bonds. The van der Waals surface area contributed by atoms with E-state index in [1.807, 2.05) is 24.5 Å². The first-order valence-electron chi connectivity index (χ1n) is 6.10. The number of anilines is 3. The van der Waals surface area contributed by atoms with Gasteiger partial charge in [0, 0.05) is 11.9 Å². The van der Waals surface area contributed by atoms with Crippen molar-refractivity contribution in [2.45, 2.75) is 4.90 Å². The predicted molar refractivity (Wildman–Crippen MR) is 82.7 cm³/mol. The number of nitrogens with zero attached hydrogens (tertiary/aromatic N) is 3. The molecule has 7 heteroatoms. The van der Waals surface area contributed by atoms with Crippen LogP contribution in [-0.2, 0) is 0 Å². The number of hydrogen-bond donors (Lipinski definition) is 3. The molecular weight excluding hydrogens is 272 g/mol. The zero-order chi connectivity index (χ0) is 13.9. The van der Waals surface area contributed by atoms with Crippen molar-refractivity contribution < 1.29 is 0 Å². The molecule has 0 unspecified atom stereocenters. The summed E-state index contributed by atoms with van der Waals surface area (Å²) >= 11 is 1.69. The number of para-hydroxylation sites is 1. The van der Waals surface area contributed by atoms with Gasteiger partial charge < -0.3 is 10.6 Å². The van der Waals surface area contributed by atoms with E-state index in [1.165, 1.54) is 0 Å². The molecule has 6 nitrogen and oxygen atoms in total. The van der Waals surface area contributed by atoms with Gasteiger partial charge in [-0.1, -0.05) is 12.1 Å². The fourth-order valence-corrected chi connectivity index (χ4v) is 2.47. The molecule has 102 valence electrons. The topological polar surface area (TPSA) is 78.5 Å². The molecule has 0 radical (unpaired) electrons. The zero-order valence-electron chi connectivity index (χ0n) is 11.1. The molecule has 0 saturated heterocycles. The average molecular weight is 286 g/mol. The Hall–Kier alpha value is -2.28. The van der Waals surface area contributed by atoms with Crippen molar-refractivity contribution in [3.8, 4) is 0 Å². The maximum Gasteiger partial charge on any atom is 0.226 e. The summed E-state index contributed by atoms with van der Waals surface area (Å²) in [7, 11) is 1.79. The number of aromatic nitrogens is 4. The molecule has 0 atom stereocenters. The fourth-order valence-electron chi connectivity index (χ4n) is 1.92. The van der Waals surface area contributed by atoms with Gasteiger partial charge in [-0.25, -0.2) is 0 Å². The Morgan fingerprint density at radius 3 is 2.85 bits per heavy atom. The Bertz CT molecular complexity index is 739. The van der Waals surface area contributed by atoms with Gasteiger partial charge in [-0.15, -0.1) is 11.8 Å². The van der Waals surface area contributed by atoms with Gasteiger partial charge in [0.15, 0.2) is 5.65 Å². The van der Waals surface area contributed by atoms with Crippen molar-refractivity contribution in [1.29, 1.82) is 0 Å². The summed E-state index contributed by atoms with van der Waals surface area (Å²) in [5.41, 5.74) is 1.72. The molecule has 0 bridgehead atoms. The van der Waals surface area contributed by atoms with Gasteiger partial charge in [-0.2, -0.15) is 15.1 Å². The largest absolute Gasteiger partial charge is 0.357 e. The van der Waals surface area contributed by atoms with E-state index >= 15 is 0 Å². The summed E-state index contributed by atoms with van der Waals surface area (Å²) in [6.07, 6.45) is 3.77. The monoisotopic (exact) mass is 286 g/mol. The molecular formula is C13H14N6S. The second-order valence-corrected chi connectivity index (χ2v) is 4.95. The summed E-state index contributed by atoms with van der Waals surface area (Å²) in [4.78, 5) is 9.93. The number of fused-ring (bicyclic) bond motifs is 1. The molecule has 3 aromatic rings. The molecule has 0 spiro atoms.